The van der Waals surface area contributed by atoms with Crippen molar-refractivity contribution in [1.82, 2.24) is 4.90 Å². The molecule has 1 fully saturated rings. The fourth-order valence-electron chi connectivity index (χ4n) is 2.53. The van der Waals surface area contributed by atoms with E-state index >= 15 is 0 Å². The molecule has 1 aliphatic rings. The van der Waals surface area contributed by atoms with E-state index in [0.29, 0.717) is 0 Å². The zero-order valence-corrected chi connectivity index (χ0v) is 10.5. The molecule has 2 atom stereocenters. The van der Waals surface area contributed by atoms with Crippen LogP contribution in [0.25, 0.3) is 0 Å². The maximum absolute atomic E-state index is 11.4. The van der Waals surface area contributed by atoms with Gasteiger partial charge in [0.05, 0.1) is 0 Å². The van der Waals surface area contributed by atoms with E-state index in [-0.39, 0.29) is 6.04 Å². The van der Waals surface area contributed by atoms with Crippen molar-refractivity contribution in [3.05, 3.63) is 22.4 Å². The first-order chi connectivity index (χ1) is 7.55. The van der Waals surface area contributed by atoms with Crippen LogP contribution in [0.15, 0.2) is 16.8 Å². The monoisotopic (exact) mass is 239 g/mol. The van der Waals surface area contributed by atoms with Crippen molar-refractivity contribution in [3.8, 4) is 0 Å². The van der Waals surface area contributed by atoms with Crippen molar-refractivity contribution >= 4 is 17.3 Å². The molecule has 1 aromatic rings. The van der Waals surface area contributed by atoms with E-state index in [1.807, 2.05) is 12.3 Å². The highest BCUT2D eigenvalue weighted by Crippen LogP contribution is 2.37. The zero-order chi connectivity index (χ0) is 11.8. The first kappa shape index (κ1) is 11.6. The molecule has 16 heavy (non-hydrogen) atoms. The van der Waals surface area contributed by atoms with Crippen LogP contribution in [0.2, 0.25) is 0 Å². The molecule has 4 heteroatoms. The number of aliphatic carboxylic acids is 1. The Hall–Kier alpha value is -0.870. The third-order valence-corrected chi connectivity index (χ3v) is 4.35. The Morgan fingerprint density at radius 3 is 3.00 bits per heavy atom. The Labute approximate surface area is 99.7 Å². The minimum absolute atomic E-state index is 0.190. The minimum Gasteiger partial charge on any atom is -0.480 e. The van der Waals surface area contributed by atoms with Crippen LogP contribution in [0.4, 0.5) is 0 Å². The molecule has 2 heterocycles. The maximum atomic E-state index is 11.4. The molecule has 2 unspecified atom stereocenters. The number of likely N-dealkylation sites (tertiary alicyclic amines) is 1. The molecule has 0 radical (unpaired) electrons. The van der Waals surface area contributed by atoms with Crippen LogP contribution in [0.5, 0.6) is 0 Å². The molecule has 1 N–H and O–H groups in total. The molecule has 1 aliphatic heterocycles. The molecule has 0 saturated carbocycles. The topological polar surface area (TPSA) is 40.5 Å². The highest BCUT2D eigenvalue weighted by molar-refractivity contribution is 7.07. The lowest BCUT2D eigenvalue weighted by atomic mass is 9.97. The van der Waals surface area contributed by atoms with Gasteiger partial charge >= 0.3 is 5.97 Å². The summed E-state index contributed by atoms with van der Waals surface area (Å²) in [6.45, 7) is 4.81. The average molecular weight is 239 g/mol. The summed E-state index contributed by atoms with van der Waals surface area (Å²) in [5, 5.41) is 13.5. The lowest BCUT2D eigenvalue weighted by Crippen LogP contribution is -2.48. The van der Waals surface area contributed by atoms with Gasteiger partial charge in [-0.15, -0.1) is 0 Å². The predicted octanol–water partition coefficient (Wildman–Crippen LogP) is 2.75. The summed E-state index contributed by atoms with van der Waals surface area (Å²) in [5.74, 6) is -0.702. The third-order valence-electron chi connectivity index (χ3n) is 3.65. The fraction of sp³-hybridized carbons (Fsp3) is 0.583. The van der Waals surface area contributed by atoms with Crippen LogP contribution in [0.3, 0.4) is 0 Å². The van der Waals surface area contributed by atoms with Crippen LogP contribution in [0.1, 0.15) is 38.3 Å². The van der Waals surface area contributed by atoms with Crippen LogP contribution >= 0.6 is 11.3 Å². The van der Waals surface area contributed by atoms with Gasteiger partial charge < -0.3 is 5.11 Å². The van der Waals surface area contributed by atoms with E-state index in [1.165, 1.54) is 5.56 Å². The number of rotatable bonds is 3. The SMILES string of the molecule is CC(c1ccsc1)N1CCCC1(C)C(=O)O. The molecular formula is C12H17NO2S. The van der Waals surface area contributed by atoms with Gasteiger partial charge in [0.25, 0.3) is 0 Å². The Kier molecular flexibility index (Phi) is 3.04. The molecule has 88 valence electrons. The summed E-state index contributed by atoms with van der Waals surface area (Å²) in [5.41, 5.74) is 0.529. The van der Waals surface area contributed by atoms with Crippen LogP contribution < -0.4 is 0 Å². The Bertz CT molecular complexity index is 376. The number of thiophene rings is 1. The van der Waals surface area contributed by atoms with Gasteiger partial charge in [0, 0.05) is 6.04 Å². The van der Waals surface area contributed by atoms with Crippen LogP contribution in [-0.2, 0) is 4.79 Å². The van der Waals surface area contributed by atoms with Crippen molar-refractivity contribution in [2.75, 3.05) is 6.54 Å². The third kappa shape index (κ3) is 1.76. The highest BCUT2D eigenvalue weighted by atomic mass is 32.1. The van der Waals surface area contributed by atoms with Gasteiger partial charge in [0.2, 0.25) is 0 Å². The number of nitrogens with zero attached hydrogens (tertiary/aromatic N) is 1. The van der Waals surface area contributed by atoms with E-state index in [2.05, 4.69) is 23.3 Å². The molecule has 1 saturated heterocycles. The van der Waals surface area contributed by atoms with Crippen molar-refractivity contribution in [1.29, 1.82) is 0 Å². The number of carboxylic acid groups (broad SMARTS) is 1. The molecule has 0 amide bonds. The second-order valence-electron chi connectivity index (χ2n) is 4.61. The molecule has 3 nitrogen and oxygen atoms in total. The average Bonchev–Trinajstić information content (AvgIpc) is 2.85. The number of hydrogen-bond acceptors (Lipinski definition) is 3. The van der Waals surface area contributed by atoms with E-state index in [4.69, 9.17) is 0 Å². The van der Waals surface area contributed by atoms with Gasteiger partial charge in [-0.1, -0.05) is 0 Å². The van der Waals surface area contributed by atoms with Crippen LogP contribution in [-0.4, -0.2) is 28.1 Å². The normalized spacial score (nSPS) is 28.1. The summed E-state index contributed by atoms with van der Waals surface area (Å²) in [4.78, 5) is 13.5. The highest BCUT2D eigenvalue weighted by Gasteiger charge is 2.45. The Morgan fingerprint density at radius 1 is 1.69 bits per heavy atom. The Balaban J connectivity index is 2.24. The first-order valence-electron chi connectivity index (χ1n) is 5.58. The molecular weight excluding hydrogens is 222 g/mol. The van der Waals surface area contributed by atoms with Gasteiger partial charge in [-0.05, 0) is 55.6 Å². The smallest absolute Gasteiger partial charge is 0.323 e. The second kappa shape index (κ2) is 4.18. The van der Waals surface area contributed by atoms with E-state index in [0.717, 1.165) is 19.4 Å². The quantitative estimate of drug-likeness (QED) is 0.881. The van der Waals surface area contributed by atoms with Gasteiger partial charge in [0.15, 0.2) is 0 Å². The Morgan fingerprint density at radius 2 is 2.44 bits per heavy atom. The fourth-order valence-corrected chi connectivity index (χ4v) is 3.27. The standard InChI is InChI=1S/C12H17NO2S/c1-9(10-4-7-16-8-10)13-6-3-5-12(13,2)11(14)15/h4,7-9H,3,5-6H2,1-2H3,(H,14,15). The summed E-state index contributed by atoms with van der Waals surface area (Å²) in [6.07, 6.45) is 1.72. The predicted molar refractivity (Wildman–Crippen MR) is 64.7 cm³/mol. The summed E-state index contributed by atoms with van der Waals surface area (Å²) in [6, 6.07) is 2.27. The van der Waals surface area contributed by atoms with Crippen molar-refractivity contribution in [2.24, 2.45) is 0 Å². The lowest BCUT2D eigenvalue weighted by molar-refractivity contribution is -0.149. The van der Waals surface area contributed by atoms with Gasteiger partial charge in [-0.25, -0.2) is 0 Å². The van der Waals surface area contributed by atoms with E-state index in [9.17, 15) is 9.90 Å². The number of carbonyl (C=O) groups is 1. The number of hydrogen-bond donors (Lipinski definition) is 1. The molecule has 0 aliphatic carbocycles. The number of carboxylic acids is 1. The largest absolute Gasteiger partial charge is 0.480 e. The zero-order valence-electron chi connectivity index (χ0n) is 9.64. The van der Waals surface area contributed by atoms with E-state index < -0.39 is 11.5 Å². The second-order valence-corrected chi connectivity index (χ2v) is 5.39. The van der Waals surface area contributed by atoms with Gasteiger partial charge in [-0.3, -0.25) is 9.69 Å². The molecule has 0 aromatic carbocycles. The van der Waals surface area contributed by atoms with Gasteiger partial charge in [0.1, 0.15) is 5.54 Å². The maximum Gasteiger partial charge on any atom is 0.323 e. The van der Waals surface area contributed by atoms with E-state index in [1.54, 1.807) is 11.3 Å². The van der Waals surface area contributed by atoms with Gasteiger partial charge in [-0.2, -0.15) is 11.3 Å². The molecule has 0 bridgehead atoms. The summed E-state index contributed by atoms with van der Waals surface area (Å²) in [7, 11) is 0. The first-order valence-corrected chi connectivity index (χ1v) is 6.52. The van der Waals surface area contributed by atoms with Crippen LogP contribution in [0, 0.1) is 0 Å². The summed E-state index contributed by atoms with van der Waals surface area (Å²) >= 11 is 1.66. The minimum atomic E-state index is -0.702. The van der Waals surface area contributed by atoms with Crippen molar-refractivity contribution < 1.29 is 9.90 Å². The molecule has 1 aromatic heterocycles. The summed E-state index contributed by atoms with van der Waals surface area (Å²) < 4.78 is 0. The lowest BCUT2D eigenvalue weighted by Gasteiger charge is -2.35. The van der Waals surface area contributed by atoms with Crippen molar-refractivity contribution in [2.45, 2.75) is 38.3 Å². The van der Waals surface area contributed by atoms with Crippen molar-refractivity contribution in [3.63, 3.8) is 0 Å². The molecule has 0 spiro atoms. The molecule has 2 rings (SSSR count).